The molecule has 0 unspecified atom stereocenters. The van der Waals surface area contributed by atoms with Gasteiger partial charge in [0, 0.05) is 24.8 Å². The van der Waals surface area contributed by atoms with Gasteiger partial charge in [-0.1, -0.05) is 18.2 Å². The monoisotopic (exact) mass is 315 g/mol. The average Bonchev–Trinajstić information content (AvgIpc) is 2.52. The Labute approximate surface area is 133 Å². The zero-order valence-corrected chi connectivity index (χ0v) is 12.7. The second-order valence-electron chi connectivity index (χ2n) is 5.02. The third-order valence-corrected chi connectivity index (χ3v) is 3.04. The molecule has 0 fully saturated rings. The van der Waals surface area contributed by atoms with Gasteiger partial charge in [-0.25, -0.2) is 4.39 Å². The van der Waals surface area contributed by atoms with Crippen LogP contribution in [0, 0.1) is 5.82 Å². The van der Waals surface area contributed by atoms with Crippen molar-refractivity contribution in [2.75, 3.05) is 17.2 Å². The summed E-state index contributed by atoms with van der Waals surface area (Å²) in [7, 11) is 0. The lowest BCUT2D eigenvalue weighted by atomic mass is 10.2. The van der Waals surface area contributed by atoms with E-state index in [1.165, 1.54) is 19.1 Å². The zero-order chi connectivity index (χ0) is 16.7. The zero-order valence-electron chi connectivity index (χ0n) is 12.7. The van der Waals surface area contributed by atoms with Crippen LogP contribution in [-0.4, -0.2) is 18.4 Å². The molecule has 0 spiro atoms. The second kappa shape index (κ2) is 7.93. The van der Waals surface area contributed by atoms with Crippen LogP contribution < -0.4 is 16.0 Å². The molecular formula is C17H18FN3O2. The number of carbonyl (C=O) groups is 2. The maximum absolute atomic E-state index is 12.8. The first-order chi connectivity index (χ1) is 11.0. The molecule has 0 bridgehead atoms. The third kappa shape index (κ3) is 5.78. The largest absolute Gasteiger partial charge is 0.376 e. The summed E-state index contributed by atoms with van der Waals surface area (Å²) in [5.41, 5.74) is 2.22. The van der Waals surface area contributed by atoms with E-state index in [0.717, 1.165) is 11.3 Å². The molecule has 0 heterocycles. The third-order valence-electron chi connectivity index (χ3n) is 3.04. The number of nitrogens with one attached hydrogen (secondary N) is 3. The van der Waals surface area contributed by atoms with Crippen LogP contribution in [0.4, 0.5) is 15.8 Å². The van der Waals surface area contributed by atoms with Crippen molar-refractivity contribution in [1.29, 1.82) is 0 Å². The van der Waals surface area contributed by atoms with Crippen molar-refractivity contribution < 1.29 is 14.0 Å². The molecule has 0 atom stereocenters. The summed E-state index contributed by atoms with van der Waals surface area (Å²) in [6.45, 7) is 1.88. The predicted octanol–water partition coefficient (Wildman–Crippen LogP) is 2.51. The van der Waals surface area contributed by atoms with Crippen LogP contribution in [-0.2, 0) is 16.1 Å². The number of benzene rings is 2. The summed E-state index contributed by atoms with van der Waals surface area (Å²) in [5.74, 6) is -0.640. The van der Waals surface area contributed by atoms with Crippen LogP contribution >= 0.6 is 0 Å². The SMILES string of the molecule is CC(=O)Nc1cccc(NCC(=O)NCc2ccc(F)cc2)c1. The lowest BCUT2D eigenvalue weighted by molar-refractivity contribution is -0.119. The molecule has 120 valence electrons. The highest BCUT2D eigenvalue weighted by molar-refractivity contribution is 5.89. The molecule has 2 rings (SSSR count). The first-order valence-corrected chi connectivity index (χ1v) is 7.15. The van der Waals surface area contributed by atoms with Gasteiger partial charge in [-0.2, -0.15) is 0 Å². The van der Waals surface area contributed by atoms with E-state index < -0.39 is 0 Å². The van der Waals surface area contributed by atoms with E-state index in [-0.39, 0.29) is 24.2 Å². The van der Waals surface area contributed by atoms with Crippen LogP contribution in [0.1, 0.15) is 12.5 Å². The van der Waals surface area contributed by atoms with E-state index >= 15 is 0 Å². The number of hydrogen-bond donors (Lipinski definition) is 3. The Morgan fingerprint density at radius 2 is 1.74 bits per heavy atom. The fourth-order valence-electron chi connectivity index (χ4n) is 1.96. The van der Waals surface area contributed by atoms with Crippen molar-refractivity contribution in [2.24, 2.45) is 0 Å². The van der Waals surface area contributed by atoms with E-state index in [9.17, 15) is 14.0 Å². The lowest BCUT2D eigenvalue weighted by Gasteiger charge is -2.09. The molecule has 2 aromatic rings. The molecule has 2 aromatic carbocycles. The van der Waals surface area contributed by atoms with Crippen molar-refractivity contribution in [3.63, 3.8) is 0 Å². The standard InChI is InChI=1S/C17H18FN3O2/c1-12(22)21-16-4-2-3-15(9-16)19-11-17(23)20-10-13-5-7-14(18)8-6-13/h2-9,19H,10-11H2,1H3,(H,20,23)(H,21,22). The molecule has 0 aromatic heterocycles. The van der Waals surface area contributed by atoms with Gasteiger partial charge in [0.2, 0.25) is 11.8 Å². The highest BCUT2D eigenvalue weighted by atomic mass is 19.1. The molecule has 0 aliphatic heterocycles. The van der Waals surface area contributed by atoms with Crippen molar-refractivity contribution in [2.45, 2.75) is 13.5 Å². The number of rotatable bonds is 6. The number of anilines is 2. The Balaban J connectivity index is 1.80. The summed E-state index contributed by atoms with van der Waals surface area (Å²) in [4.78, 5) is 22.8. The fourth-order valence-corrected chi connectivity index (χ4v) is 1.96. The maximum Gasteiger partial charge on any atom is 0.239 e. The van der Waals surface area contributed by atoms with Gasteiger partial charge in [-0.15, -0.1) is 0 Å². The molecular weight excluding hydrogens is 297 g/mol. The fraction of sp³-hybridized carbons (Fsp3) is 0.176. The van der Waals surface area contributed by atoms with Crippen LogP contribution in [0.3, 0.4) is 0 Å². The molecule has 0 aliphatic carbocycles. The quantitative estimate of drug-likeness (QED) is 0.767. The molecule has 0 saturated carbocycles. The Morgan fingerprint density at radius 3 is 2.43 bits per heavy atom. The lowest BCUT2D eigenvalue weighted by Crippen LogP contribution is -2.29. The second-order valence-corrected chi connectivity index (χ2v) is 5.02. The molecule has 3 N–H and O–H groups in total. The van der Waals surface area contributed by atoms with Gasteiger partial charge < -0.3 is 16.0 Å². The van der Waals surface area contributed by atoms with Gasteiger partial charge in [0.25, 0.3) is 0 Å². The van der Waals surface area contributed by atoms with Crippen molar-refractivity contribution in [3.05, 3.63) is 59.9 Å². The summed E-state index contributed by atoms with van der Waals surface area (Å²) in [5, 5.41) is 8.40. The Morgan fingerprint density at radius 1 is 1.04 bits per heavy atom. The van der Waals surface area contributed by atoms with E-state index in [1.807, 2.05) is 0 Å². The number of hydrogen-bond acceptors (Lipinski definition) is 3. The average molecular weight is 315 g/mol. The van der Waals surface area contributed by atoms with Crippen molar-refractivity contribution in [1.82, 2.24) is 5.32 Å². The van der Waals surface area contributed by atoms with Crippen LogP contribution in [0.5, 0.6) is 0 Å². The Kier molecular flexibility index (Phi) is 5.68. The first-order valence-electron chi connectivity index (χ1n) is 7.15. The van der Waals surface area contributed by atoms with Crippen LogP contribution in [0.15, 0.2) is 48.5 Å². The molecule has 23 heavy (non-hydrogen) atoms. The minimum atomic E-state index is -0.305. The smallest absolute Gasteiger partial charge is 0.239 e. The summed E-state index contributed by atoms with van der Waals surface area (Å²) in [6.07, 6.45) is 0. The number of carbonyl (C=O) groups excluding carboxylic acids is 2. The molecule has 0 saturated heterocycles. The molecule has 2 amide bonds. The van der Waals surface area contributed by atoms with Crippen LogP contribution in [0.25, 0.3) is 0 Å². The number of amides is 2. The Bertz CT molecular complexity index is 686. The minimum Gasteiger partial charge on any atom is -0.376 e. The van der Waals surface area contributed by atoms with E-state index in [4.69, 9.17) is 0 Å². The topological polar surface area (TPSA) is 70.2 Å². The predicted molar refractivity (Wildman–Crippen MR) is 87.5 cm³/mol. The van der Waals surface area contributed by atoms with E-state index in [0.29, 0.717) is 12.2 Å². The van der Waals surface area contributed by atoms with Crippen LogP contribution in [0.2, 0.25) is 0 Å². The summed E-state index contributed by atoms with van der Waals surface area (Å²) in [6, 6.07) is 13.1. The van der Waals surface area contributed by atoms with Gasteiger partial charge in [-0.3, -0.25) is 9.59 Å². The minimum absolute atomic E-state index is 0.102. The highest BCUT2D eigenvalue weighted by Gasteiger charge is 2.03. The summed E-state index contributed by atoms with van der Waals surface area (Å²) < 4.78 is 12.8. The van der Waals surface area contributed by atoms with Gasteiger partial charge >= 0.3 is 0 Å². The molecule has 5 nitrogen and oxygen atoms in total. The van der Waals surface area contributed by atoms with Gasteiger partial charge in [-0.05, 0) is 35.9 Å². The number of halogens is 1. The maximum atomic E-state index is 12.8. The van der Waals surface area contributed by atoms with Crippen molar-refractivity contribution in [3.8, 4) is 0 Å². The van der Waals surface area contributed by atoms with Gasteiger partial charge in [0.05, 0.1) is 6.54 Å². The highest BCUT2D eigenvalue weighted by Crippen LogP contribution is 2.14. The summed E-state index contributed by atoms with van der Waals surface area (Å²) >= 11 is 0. The van der Waals surface area contributed by atoms with Gasteiger partial charge in [0.15, 0.2) is 0 Å². The molecule has 0 radical (unpaired) electrons. The molecule has 0 aliphatic rings. The van der Waals surface area contributed by atoms with Crippen molar-refractivity contribution >= 4 is 23.2 Å². The normalized spacial score (nSPS) is 10.0. The van der Waals surface area contributed by atoms with E-state index in [1.54, 1.807) is 36.4 Å². The van der Waals surface area contributed by atoms with Gasteiger partial charge in [0.1, 0.15) is 5.82 Å². The molecule has 6 heteroatoms. The first kappa shape index (κ1) is 16.5. The van der Waals surface area contributed by atoms with E-state index in [2.05, 4.69) is 16.0 Å². The Hall–Kier alpha value is -2.89.